The molecule has 1 aromatic heterocycles. The van der Waals surface area contributed by atoms with Crippen LogP contribution in [0.3, 0.4) is 0 Å². The second kappa shape index (κ2) is 4.32. The second-order valence-electron chi connectivity index (χ2n) is 3.20. The van der Waals surface area contributed by atoms with Gasteiger partial charge >= 0.3 is 0 Å². The first-order valence-electron chi connectivity index (χ1n) is 4.33. The molecule has 2 aromatic rings. The molecule has 6 heteroatoms. The van der Waals surface area contributed by atoms with Crippen molar-refractivity contribution in [2.75, 3.05) is 0 Å². The number of benzene rings is 1. The van der Waals surface area contributed by atoms with Crippen molar-refractivity contribution in [2.24, 2.45) is 5.73 Å². The molecular weight excluding hydrogens is 432 g/mol. The monoisotopic (exact) mass is 439 g/mol. The zero-order chi connectivity index (χ0) is 11.9. The molecule has 0 bridgehead atoms. The minimum Gasteiger partial charge on any atom is -0.505 e. The van der Waals surface area contributed by atoms with E-state index >= 15 is 0 Å². The van der Waals surface area contributed by atoms with Crippen LogP contribution in [-0.2, 0) is 0 Å². The van der Waals surface area contributed by atoms with Crippen molar-refractivity contribution in [3.8, 4) is 5.75 Å². The normalized spacial score (nSPS) is 10.6. The molecule has 16 heavy (non-hydrogen) atoms. The summed E-state index contributed by atoms with van der Waals surface area (Å²) in [6, 6.07) is 5.38. The van der Waals surface area contributed by atoms with Gasteiger partial charge in [-0.15, -0.1) is 0 Å². The molecule has 4 N–H and O–H groups in total. The van der Waals surface area contributed by atoms with E-state index < -0.39 is 0 Å². The highest BCUT2D eigenvalue weighted by atomic mass is 127. The van der Waals surface area contributed by atoms with Crippen LogP contribution in [0.1, 0.15) is 5.69 Å². The number of aromatic nitrogens is 1. The maximum absolute atomic E-state index is 9.90. The van der Waals surface area contributed by atoms with E-state index in [1.54, 1.807) is 6.07 Å². The zero-order valence-corrected chi connectivity index (χ0v) is 12.3. The van der Waals surface area contributed by atoms with Crippen molar-refractivity contribution in [1.29, 1.82) is 5.41 Å². The zero-order valence-electron chi connectivity index (χ0n) is 7.96. The van der Waals surface area contributed by atoms with Crippen LogP contribution in [0.25, 0.3) is 10.9 Å². The van der Waals surface area contributed by atoms with E-state index in [-0.39, 0.29) is 11.6 Å². The van der Waals surface area contributed by atoms with Crippen LogP contribution in [0.5, 0.6) is 5.75 Å². The quantitative estimate of drug-likeness (QED) is 0.363. The summed E-state index contributed by atoms with van der Waals surface area (Å²) in [5.41, 5.74) is 6.23. The van der Waals surface area contributed by atoms with Crippen LogP contribution >= 0.6 is 45.2 Å². The van der Waals surface area contributed by atoms with Crippen molar-refractivity contribution < 1.29 is 5.11 Å². The number of halogens is 2. The highest BCUT2D eigenvalue weighted by molar-refractivity contribution is 14.1. The number of phenols is 1. The molecule has 1 heterocycles. The molecule has 4 nitrogen and oxygen atoms in total. The van der Waals surface area contributed by atoms with Crippen molar-refractivity contribution in [3.05, 3.63) is 31.0 Å². The van der Waals surface area contributed by atoms with Gasteiger partial charge in [0.15, 0.2) is 5.75 Å². The van der Waals surface area contributed by atoms with Gasteiger partial charge in [-0.1, -0.05) is 0 Å². The fourth-order valence-corrected chi connectivity index (χ4v) is 3.26. The number of nitrogens with zero attached hydrogens (tertiary/aromatic N) is 1. The summed E-state index contributed by atoms with van der Waals surface area (Å²) in [7, 11) is 0. The first-order chi connectivity index (χ1) is 7.50. The van der Waals surface area contributed by atoms with E-state index in [9.17, 15) is 5.11 Å². The number of amidine groups is 1. The van der Waals surface area contributed by atoms with E-state index in [0.717, 1.165) is 12.5 Å². The van der Waals surface area contributed by atoms with Crippen LogP contribution in [0.2, 0.25) is 0 Å². The van der Waals surface area contributed by atoms with Crippen LogP contribution in [0.15, 0.2) is 18.2 Å². The minimum atomic E-state index is -0.102. The third-order valence-corrected chi connectivity index (χ3v) is 3.85. The number of nitrogens with two attached hydrogens (primary N) is 1. The van der Waals surface area contributed by atoms with Gasteiger partial charge in [-0.05, 0) is 63.4 Å². The van der Waals surface area contributed by atoms with Crippen molar-refractivity contribution in [2.45, 2.75) is 0 Å². The fraction of sp³-hybridized carbons (Fsp3) is 0. The van der Waals surface area contributed by atoms with Gasteiger partial charge in [0, 0.05) is 8.96 Å². The van der Waals surface area contributed by atoms with Crippen molar-refractivity contribution in [1.82, 2.24) is 4.98 Å². The van der Waals surface area contributed by atoms with E-state index in [1.807, 2.05) is 34.7 Å². The van der Waals surface area contributed by atoms with E-state index in [2.05, 4.69) is 27.6 Å². The number of rotatable bonds is 1. The molecule has 0 aliphatic heterocycles. The molecule has 0 amide bonds. The van der Waals surface area contributed by atoms with Gasteiger partial charge in [-0.3, -0.25) is 5.41 Å². The Morgan fingerprint density at radius 3 is 2.62 bits per heavy atom. The highest BCUT2D eigenvalue weighted by Gasteiger charge is 2.11. The number of nitrogens with one attached hydrogen (secondary N) is 1. The van der Waals surface area contributed by atoms with Gasteiger partial charge < -0.3 is 10.8 Å². The Kier molecular flexibility index (Phi) is 3.19. The maximum Gasteiger partial charge on any atom is 0.155 e. The first-order valence-corrected chi connectivity index (χ1v) is 6.48. The summed E-state index contributed by atoms with van der Waals surface area (Å²) in [5.74, 6) is 0.0364. The van der Waals surface area contributed by atoms with Gasteiger partial charge in [-0.2, -0.15) is 0 Å². The molecule has 0 radical (unpaired) electrons. The average Bonchev–Trinajstić information content (AvgIpc) is 2.25. The molecule has 0 unspecified atom stereocenters. The standard InChI is InChI=1S/C10H7I2N3O/c11-5-3-6(12)9(16)8-4(5)1-2-7(15-8)10(13)14/h1-3,16H,(H3,13,14). The number of aromatic hydroxyl groups is 1. The van der Waals surface area contributed by atoms with E-state index in [1.165, 1.54) is 0 Å². The third-order valence-electron chi connectivity index (χ3n) is 2.13. The second-order valence-corrected chi connectivity index (χ2v) is 5.52. The Morgan fingerprint density at radius 2 is 2.00 bits per heavy atom. The van der Waals surface area contributed by atoms with Crippen LogP contribution in [-0.4, -0.2) is 15.9 Å². The van der Waals surface area contributed by atoms with Crippen molar-refractivity contribution >= 4 is 61.9 Å². The van der Waals surface area contributed by atoms with E-state index in [4.69, 9.17) is 11.1 Å². The third kappa shape index (κ3) is 1.95. The topological polar surface area (TPSA) is 83.0 Å². The number of pyridine rings is 1. The Morgan fingerprint density at radius 1 is 1.31 bits per heavy atom. The van der Waals surface area contributed by atoms with E-state index in [0.29, 0.717) is 11.2 Å². The number of nitrogen functional groups attached to an aromatic ring is 1. The Labute approximate surface area is 119 Å². The average molecular weight is 439 g/mol. The summed E-state index contributed by atoms with van der Waals surface area (Å²) in [4.78, 5) is 4.19. The predicted molar refractivity (Wildman–Crippen MR) is 79.9 cm³/mol. The largest absolute Gasteiger partial charge is 0.505 e. The lowest BCUT2D eigenvalue weighted by atomic mass is 10.2. The summed E-state index contributed by atoms with van der Waals surface area (Å²) in [5, 5.41) is 18.1. The van der Waals surface area contributed by atoms with Crippen molar-refractivity contribution in [3.63, 3.8) is 0 Å². The molecule has 0 saturated carbocycles. The molecule has 0 saturated heterocycles. The molecule has 0 aliphatic carbocycles. The van der Waals surface area contributed by atoms with Crippen LogP contribution in [0.4, 0.5) is 0 Å². The minimum absolute atomic E-state index is 0.102. The smallest absolute Gasteiger partial charge is 0.155 e. The van der Waals surface area contributed by atoms with Crippen LogP contribution < -0.4 is 5.73 Å². The molecular formula is C10H7I2N3O. The summed E-state index contributed by atoms with van der Waals surface area (Å²) >= 11 is 4.24. The molecule has 82 valence electrons. The molecule has 0 atom stereocenters. The van der Waals surface area contributed by atoms with Gasteiger partial charge in [0.05, 0.1) is 3.57 Å². The lowest BCUT2D eigenvalue weighted by Crippen LogP contribution is -2.13. The molecule has 0 spiro atoms. The highest BCUT2D eigenvalue weighted by Crippen LogP contribution is 2.32. The van der Waals surface area contributed by atoms with Crippen LogP contribution in [0, 0.1) is 12.5 Å². The fourth-order valence-electron chi connectivity index (χ4n) is 1.35. The predicted octanol–water partition coefficient (Wildman–Crippen LogP) is 2.43. The number of fused-ring (bicyclic) bond motifs is 1. The van der Waals surface area contributed by atoms with Gasteiger partial charge in [0.2, 0.25) is 0 Å². The number of hydrogen-bond acceptors (Lipinski definition) is 3. The van der Waals surface area contributed by atoms with Gasteiger partial charge in [0.25, 0.3) is 0 Å². The molecule has 1 aromatic carbocycles. The Bertz CT molecular complexity index is 598. The summed E-state index contributed by atoms with van der Waals surface area (Å²) < 4.78 is 1.75. The molecule has 2 rings (SSSR count). The molecule has 0 fully saturated rings. The molecule has 0 aliphatic rings. The SMILES string of the molecule is N=C(N)c1ccc2c(I)cc(I)c(O)c2n1. The summed E-state index contributed by atoms with van der Waals surface area (Å²) in [6.07, 6.45) is 0. The lowest BCUT2D eigenvalue weighted by molar-refractivity contribution is 0.476. The first kappa shape index (κ1) is 11.8. The number of phenolic OH excluding ortho intramolecular Hbond substituents is 1. The Balaban J connectivity index is 2.86. The summed E-state index contributed by atoms with van der Waals surface area (Å²) in [6.45, 7) is 0. The lowest BCUT2D eigenvalue weighted by Gasteiger charge is -2.06. The maximum atomic E-state index is 9.90. The van der Waals surface area contributed by atoms with Gasteiger partial charge in [0.1, 0.15) is 17.0 Å². The van der Waals surface area contributed by atoms with Gasteiger partial charge in [-0.25, -0.2) is 4.98 Å². The Hall–Kier alpha value is -0.640. The number of hydrogen-bond donors (Lipinski definition) is 3.